The maximum Gasteiger partial charge on any atom is 0.233 e. The van der Waals surface area contributed by atoms with Gasteiger partial charge in [0.05, 0.1) is 23.4 Å². The molecule has 1 aromatic rings. The molecule has 162 valence electrons. The molecule has 2 heterocycles. The highest BCUT2D eigenvalue weighted by atomic mass is 32.2. The number of amides is 1. The molecule has 1 aromatic heterocycles. The number of thioether (sulfide) groups is 1. The van der Waals surface area contributed by atoms with E-state index in [9.17, 15) is 9.59 Å². The van der Waals surface area contributed by atoms with Gasteiger partial charge in [-0.3, -0.25) is 9.59 Å². The van der Waals surface area contributed by atoms with Gasteiger partial charge >= 0.3 is 0 Å². The first-order valence-corrected chi connectivity index (χ1v) is 10.3. The second-order valence-electron chi connectivity index (χ2n) is 7.09. The topological polar surface area (TPSA) is 68.5 Å². The molecule has 0 bridgehead atoms. The number of carbonyl (C=O) groups is 2. The van der Waals surface area contributed by atoms with E-state index in [-0.39, 0.29) is 64.1 Å². The van der Waals surface area contributed by atoms with Gasteiger partial charge in [0.15, 0.2) is 5.78 Å². The van der Waals surface area contributed by atoms with Gasteiger partial charge in [-0.15, -0.1) is 11.8 Å². The Labute approximate surface area is 187 Å². The van der Waals surface area contributed by atoms with Crippen LogP contribution in [0.4, 0.5) is 0 Å². The van der Waals surface area contributed by atoms with E-state index in [2.05, 4.69) is 5.32 Å². The Bertz CT molecular complexity index is 576. The summed E-state index contributed by atoms with van der Waals surface area (Å²) in [5.41, 5.74) is 0. The molecule has 1 aliphatic heterocycles. The van der Waals surface area contributed by atoms with Crippen LogP contribution in [0.3, 0.4) is 0 Å². The predicted octanol–water partition coefficient (Wildman–Crippen LogP) is 4.19. The Balaban J connectivity index is 0.00000243. The van der Waals surface area contributed by atoms with Crippen molar-refractivity contribution in [3.8, 4) is 0 Å². The molecule has 0 unspecified atom stereocenters. The van der Waals surface area contributed by atoms with Crippen LogP contribution in [0.25, 0.3) is 0 Å². The molecule has 0 radical (unpaired) electrons. The second kappa shape index (κ2) is 13.6. The lowest BCUT2D eigenvalue weighted by Gasteiger charge is -2.26. The number of furan rings is 1. The number of hydrogen-bond acceptors (Lipinski definition) is 5. The molecule has 28 heavy (non-hydrogen) atoms. The third-order valence-corrected chi connectivity index (χ3v) is 6.43. The number of rotatable bonds is 7. The Kier molecular flexibility index (Phi) is 13.3. The molecule has 0 aromatic carbocycles. The standard InChI is InChI=1S/C19H27NO4S.CH4.2H2S/c1-13-18(16(21)11-24-13)20-19(22)17(10-14-6-3-2-4-7-14)25-12-15-8-5-9-23-15;;;/h5,8-9,13-14,17-18H,2-4,6-7,10-12H2,1H3,(H,20,22);1H4;2*1H2/t13-,17+,18+;;;/m1.../s1. The molecule has 1 saturated carbocycles. The average molecular weight is 450 g/mol. The van der Waals surface area contributed by atoms with Crippen molar-refractivity contribution in [2.45, 2.75) is 76.0 Å². The molecule has 1 aliphatic carbocycles. The minimum atomic E-state index is -0.509. The van der Waals surface area contributed by atoms with E-state index in [1.807, 2.05) is 19.1 Å². The molecule has 0 spiro atoms. The van der Waals surface area contributed by atoms with Crippen LogP contribution in [0.5, 0.6) is 0 Å². The van der Waals surface area contributed by atoms with Crippen LogP contribution in [-0.2, 0) is 20.1 Å². The molecular weight excluding hydrogens is 414 g/mol. The van der Waals surface area contributed by atoms with E-state index >= 15 is 0 Å². The van der Waals surface area contributed by atoms with Crippen LogP contribution in [0.2, 0.25) is 0 Å². The maximum absolute atomic E-state index is 12.9. The highest BCUT2D eigenvalue weighted by Gasteiger charge is 2.36. The Morgan fingerprint density at radius 2 is 2.00 bits per heavy atom. The van der Waals surface area contributed by atoms with Crippen LogP contribution in [0, 0.1) is 5.92 Å². The van der Waals surface area contributed by atoms with Gasteiger partial charge in [-0.2, -0.15) is 27.0 Å². The summed E-state index contributed by atoms with van der Waals surface area (Å²) in [5.74, 6) is 2.07. The zero-order valence-electron chi connectivity index (χ0n) is 15.7. The molecule has 1 N–H and O–H groups in total. The minimum absolute atomic E-state index is 0. The van der Waals surface area contributed by atoms with Crippen molar-refractivity contribution < 1.29 is 18.7 Å². The van der Waals surface area contributed by atoms with E-state index in [1.165, 1.54) is 32.1 Å². The SMILES string of the molecule is C.C[C@H]1OCC(=O)[C@H]1NC(=O)[C@H](CC1CCCCC1)SCc1ccco1.S.S. The van der Waals surface area contributed by atoms with Gasteiger partial charge in [-0.05, 0) is 31.4 Å². The van der Waals surface area contributed by atoms with Crippen molar-refractivity contribution in [1.29, 1.82) is 0 Å². The molecular formula is C20H35NO4S3. The number of Topliss-reactive ketones (excluding diaryl/α,β-unsaturated/α-hetero) is 1. The third-order valence-electron chi connectivity index (χ3n) is 5.17. The quantitative estimate of drug-likeness (QED) is 0.676. The Morgan fingerprint density at radius 3 is 2.57 bits per heavy atom. The average Bonchev–Trinajstić information content (AvgIpc) is 3.24. The van der Waals surface area contributed by atoms with Gasteiger partial charge in [-0.25, -0.2) is 0 Å². The van der Waals surface area contributed by atoms with Crippen LogP contribution in [-0.4, -0.2) is 35.7 Å². The largest absolute Gasteiger partial charge is 0.468 e. The number of carbonyl (C=O) groups excluding carboxylic acids is 2. The lowest BCUT2D eigenvalue weighted by atomic mass is 9.86. The molecule has 1 saturated heterocycles. The fourth-order valence-corrected chi connectivity index (χ4v) is 4.82. The summed E-state index contributed by atoms with van der Waals surface area (Å²) in [4.78, 5) is 24.8. The number of ether oxygens (including phenoxy) is 1. The van der Waals surface area contributed by atoms with Crippen LogP contribution in [0.1, 0.15) is 58.6 Å². The summed E-state index contributed by atoms with van der Waals surface area (Å²) < 4.78 is 10.7. The molecule has 2 fully saturated rings. The molecule has 3 rings (SSSR count). The first-order valence-electron chi connectivity index (χ1n) is 9.22. The number of ketones is 1. The fraction of sp³-hybridized carbons (Fsp3) is 0.700. The first-order chi connectivity index (χ1) is 12.1. The van der Waals surface area contributed by atoms with Gasteiger partial charge in [0.1, 0.15) is 18.4 Å². The third kappa shape index (κ3) is 7.69. The molecule has 2 aliphatic rings. The van der Waals surface area contributed by atoms with E-state index in [0.717, 1.165) is 12.2 Å². The van der Waals surface area contributed by atoms with Crippen molar-refractivity contribution in [3.05, 3.63) is 24.2 Å². The van der Waals surface area contributed by atoms with Gasteiger partial charge < -0.3 is 14.5 Å². The summed E-state index contributed by atoms with van der Waals surface area (Å²) in [6, 6.07) is 3.28. The van der Waals surface area contributed by atoms with Crippen LogP contribution < -0.4 is 5.32 Å². The first kappa shape index (κ1) is 27.4. The van der Waals surface area contributed by atoms with E-state index in [4.69, 9.17) is 9.15 Å². The summed E-state index contributed by atoms with van der Waals surface area (Å²) in [6.45, 7) is 1.93. The lowest BCUT2D eigenvalue weighted by Crippen LogP contribution is -2.47. The molecule has 3 atom stereocenters. The smallest absolute Gasteiger partial charge is 0.233 e. The Hall–Kier alpha value is -0.570. The summed E-state index contributed by atoms with van der Waals surface area (Å²) >= 11 is 1.61. The van der Waals surface area contributed by atoms with E-state index in [1.54, 1.807) is 18.0 Å². The normalized spacial score (nSPS) is 23.1. The predicted molar refractivity (Wildman–Crippen MR) is 125 cm³/mol. The highest BCUT2D eigenvalue weighted by molar-refractivity contribution is 7.99. The molecule has 8 heteroatoms. The maximum atomic E-state index is 12.9. The molecule has 1 amide bonds. The Morgan fingerprint density at radius 1 is 1.29 bits per heavy atom. The van der Waals surface area contributed by atoms with Crippen LogP contribution >= 0.6 is 38.8 Å². The van der Waals surface area contributed by atoms with Crippen LogP contribution in [0.15, 0.2) is 22.8 Å². The number of hydrogen-bond donors (Lipinski definition) is 1. The summed E-state index contributed by atoms with van der Waals surface area (Å²) in [6.07, 6.45) is 8.50. The van der Waals surface area contributed by atoms with Crippen molar-refractivity contribution >= 4 is 50.4 Å². The van der Waals surface area contributed by atoms with Gasteiger partial charge in [0.2, 0.25) is 5.91 Å². The zero-order chi connectivity index (χ0) is 17.6. The van der Waals surface area contributed by atoms with Crippen molar-refractivity contribution in [2.75, 3.05) is 6.61 Å². The van der Waals surface area contributed by atoms with Crippen molar-refractivity contribution in [3.63, 3.8) is 0 Å². The molecule has 5 nitrogen and oxygen atoms in total. The second-order valence-corrected chi connectivity index (χ2v) is 8.28. The van der Waals surface area contributed by atoms with Crippen molar-refractivity contribution in [2.24, 2.45) is 5.92 Å². The summed E-state index contributed by atoms with van der Waals surface area (Å²) in [5, 5.41) is 2.77. The summed E-state index contributed by atoms with van der Waals surface area (Å²) in [7, 11) is 0. The van der Waals surface area contributed by atoms with Gasteiger partial charge in [0, 0.05) is 0 Å². The number of nitrogens with one attached hydrogen (secondary N) is 1. The zero-order valence-corrected chi connectivity index (χ0v) is 18.6. The monoisotopic (exact) mass is 449 g/mol. The van der Waals surface area contributed by atoms with Gasteiger partial charge in [-0.1, -0.05) is 39.5 Å². The van der Waals surface area contributed by atoms with E-state index < -0.39 is 6.04 Å². The van der Waals surface area contributed by atoms with E-state index in [0.29, 0.717) is 11.7 Å². The fourth-order valence-electron chi connectivity index (χ4n) is 3.66. The van der Waals surface area contributed by atoms with Crippen molar-refractivity contribution in [1.82, 2.24) is 5.32 Å². The highest BCUT2D eigenvalue weighted by Crippen LogP contribution is 2.32. The van der Waals surface area contributed by atoms with Gasteiger partial charge in [0.25, 0.3) is 0 Å². The minimum Gasteiger partial charge on any atom is -0.468 e. The lowest BCUT2D eigenvalue weighted by molar-refractivity contribution is -0.126.